The second-order valence-corrected chi connectivity index (χ2v) is 4.64. The third kappa shape index (κ3) is 2.65. The van der Waals surface area contributed by atoms with Gasteiger partial charge in [-0.05, 0) is 38.2 Å². The SMILES string of the molecule is CCCCn1c(C)c(C)cc(SC)c1=O. The van der Waals surface area contributed by atoms with Gasteiger partial charge < -0.3 is 4.57 Å². The van der Waals surface area contributed by atoms with Gasteiger partial charge in [0, 0.05) is 12.2 Å². The quantitative estimate of drug-likeness (QED) is 0.735. The summed E-state index contributed by atoms with van der Waals surface area (Å²) >= 11 is 1.53. The van der Waals surface area contributed by atoms with E-state index in [1.54, 1.807) is 0 Å². The molecule has 0 aliphatic heterocycles. The predicted octanol–water partition coefficient (Wildman–Crippen LogP) is 2.99. The first-order valence-electron chi connectivity index (χ1n) is 5.36. The topological polar surface area (TPSA) is 22.0 Å². The van der Waals surface area contributed by atoms with Gasteiger partial charge in [-0.1, -0.05) is 13.3 Å². The normalized spacial score (nSPS) is 10.7. The van der Waals surface area contributed by atoms with Gasteiger partial charge in [-0.3, -0.25) is 4.79 Å². The molecule has 0 fully saturated rings. The molecule has 0 saturated heterocycles. The van der Waals surface area contributed by atoms with Gasteiger partial charge in [0.2, 0.25) is 0 Å². The average Bonchev–Trinajstić information content (AvgIpc) is 2.23. The first-order chi connectivity index (χ1) is 7.11. The number of rotatable bonds is 4. The molecule has 2 nitrogen and oxygen atoms in total. The summed E-state index contributed by atoms with van der Waals surface area (Å²) in [6, 6.07) is 1.99. The maximum absolute atomic E-state index is 12.0. The number of pyridine rings is 1. The third-order valence-electron chi connectivity index (χ3n) is 2.73. The molecule has 0 atom stereocenters. The van der Waals surface area contributed by atoms with E-state index in [-0.39, 0.29) is 5.56 Å². The first kappa shape index (κ1) is 12.4. The first-order valence-corrected chi connectivity index (χ1v) is 6.59. The van der Waals surface area contributed by atoms with Crippen molar-refractivity contribution in [2.24, 2.45) is 0 Å². The van der Waals surface area contributed by atoms with E-state index in [4.69, 9.17) is 0 Å². The molecule has 15 heavy (non-hydrogen) atoms. The predicted molar refractivity (Wildman–Crippen MR) is 66.9 cm³/mol. The van der Waals surface area contributed by atoms with Crippen molar-refractivity contribution in [1.82, 2.24) is 4.57 Å². The summed E-state index contributed by atoms with van der Waals surface area (Å²) in [7, 11) is 0. The molecule has 0 saturated carbocycles. The lowest BCUT2D eigenvalue weighted by molar-refractivity contribution is 0.588. The van der Waals surface area contributed by atoms with Crippen LogP contribution in [-0.2, 0) is 6.54 Å². The van der Waals surface area contributed by atoms with Crippen LogP contribution in [0.5, 0.6) is 0 Å². The molecular weight excluding hydrogens is 206 g/mol. The standard InChI is InChI=1S/C12H19NOS/c1-5-6-7-13-10(3)9(2)8-11(15-4)12(13)14/h8H,5-7H2,1-4H3. The third-order valence-corrected chi connectivity index (χ3v) is 3.47. The molecule has 0 N–H and O–H groups in total. The van der Waals surface area contributed by atoms with Crippen LogP contribution in [0.3, 0.4) is 0 Å². The van der Waals surface area contributed by atoms with Crippen LogP contribution in [0, 0.1) is 13.8 Å². The lowest BCUT2D eigenvalue weighted by Gasteiger charge is -2.13. The summed E-state index contributed by atoms with van der Waals surface area (Å²) < 4.78 is 1.91. The Balaban J connectivity index is 3.22. The summed E-state index contributed by atoms with van der Waals surface area (Å²) in [5, 5.41) is 0. The maximum Gasteiger partial charge on any atom is 0.264 e. The molecule has 1 heterocycles. The van der Waals surface area contributed by atoms with Crippen LogP contribution in [0.25, 0.3) is 0 Å². The Labute approximate surface area is 95.7 Å². The highest BCUT2D eigenvalue weighted by molar-refractivity contribution is 7.98. The van der Waals surface area contributed by atoms with Crippen LogP contribution in [0.1, 0.15) is 31.0 Å². The van der Waals surface area contributed by atoms with Crippen LogP contribution in [0.4, 0.5) is 0 Å². The second kappa shape index (κ2) is 5.40. The minimum absolute atomic E-state index is 0.166. The fourth-order valence-electron chi connectivity index (χ4n) is 1.59. The van der Waals surface area contributed by atoms with Gasteiger partial charge in [0.05, 0.1) is 4.90 Å². The largest absolute Gasteiger partial charge is 0.312 e. The van der Waals surface area contributed by atoms with Crippen molar-refractivity contribution in [2.75, 3.05) is 6.26 Å². The van der Waals surface area contributed by atoms with E-state index >= 15 is 0 Å². The van der Waals surface area contributed by atoms with E-state index in [2.05, 4.69) is 13.8 Å². The van der Waals surface area contributed by atoms with Gasteiger partial charge in [-0.25, -0.2) is 0 Å². The number of thioether (sulfide) groups is 1. The number of aryl methyl sites for hydroxylation is 1. The smallest absolute Gasteiger partial charge is 0.264 e. The van der Waals surface area contributed by atoms with Crippen molar-refractivity contribution in [1.29, 1.82) is 0 Å². The van der Waals surface area contributed by atoms with Crippen LogP contribution < -0.4 is 5.56 Å². The fourth-order valence-corrected chi connectivity index (χ4v) is 2.17. The summed E-state index contributed by atoms with van der Waals surface area (Å²) in [6.45, 7) is 7.08. The highest BCUT2D eigenvalue weighted by Gasteiger charge is 2.07. The highest BCUT2D eigenvalue weighted by atomic mass is 32.2. The van der Waals surface area contributed by atoms with Crippen molar-refractivity contribution in [3.05, 3.63) is 27.7 Å². The molecule has 0 amide bonds. The van der Waals surface area contributed by atoms with Crippen molar-refractivity contribution < 1.29 is 0 Å². The van der Waals surface area contributed by atoms with E-state index in [0.717, 1.165) is 30.0 Å². The summed E-state index contributed by atoms with van der Waals surface area (Å²) in [4.78, 5) is 12.9. The molecule has 0 unspecified atom stereocenters. The molecule has 84 valence electrons. The Bertz CT molecular complexity index is 395. The lowest BCUT2D eigenvalue weighted by atomic mass is 10.2. The maximum atomic E-state index is 12.0. The highest BCUT2D eigenvalue weighted by Crippen LogP contribution is 2.14. The number of hydrogen-bond donors (Lipinski definition) is 0. The lowest BCUT2D eigenvalue weighted by Crippen LogP contribution is -2.24. The summed E-state index contributed by atoms with van der Waals surface area (Å²) in [6.07, 6.45) is 4.14. The molecule has 0 aliphatic rings. The Morgan fingerprint density at radius 3 is 2.60 bits per heavy atom. The van der Waals surface area contributed by atoms with Gasteiger partial charge in [0.25, 0.3) is 5.56 Å². The molecule has 0 spiro atoms. The molecule has 0 radical (unpaired) electrons. The number of unbranched alkanes of at least 4 members (excludes halogenated alkanes) is 1. The van der Waals surface area contributed by atoms with Crippen LogP contribution in [-0.4, -0.2) is 10.8 Å². The van der Waals surface area contributed by atoms with Crippen LogP contribution in [0.15, 0.2) is 15.8 Å². The zero-order valence-corrected chi connectivity index (χ0v) is 10.8. The fraction of sp³-hybridized carbons (Fsp3) is 0.583. The van der Waals surface area contributed by atoms with Crippen molar-refractivity contribution in [3.63, 3.8) is 0 Å². The van der Waals surface area contributed by atoms with Crippen molar-refractivity contribution in [3.8, 4) is 0 Å². The van der Waals surface area contributed by atoms with E-state index in [1.807, 2.05) is 23.8 Å². The molecular formula is C12H19NOS. The van der Waals surface area contributed by atoms with Gasteiger partial charge in [0.15, 0.2) is 0 Å². The monoisotopic (exact) mass is 225 g/mol. The second-order valence-electron chi connectivity index (χ2n) is 3.79. The van der Waals surface area contributed by atoms with E-state index in [0.29, 0.717) is 0 Å². The molecule has 0 aromatic carbocycles. The Morgan fingerprint density at radius 2 is 2.07 bits per heavy atom. The summed E-state index contributed by atoms with van der Waals surface area (Å²) in [5.41, 5.74) is 2.47. The van der Waals surface area contributed by atoms with E-state index < -0.39 is 0 Å². The molecule has 0 bridgehead atoms. The average molecular weight is 225 g/mol. The number of aromatic nitrogens is 1. The van der Waals surface area contributed by atoms with Gasteiger partial charge in [0.1, 0.15) is 0 Å². The van der Waals surface area contributed by atoms with E-state index in [9.17, 15) is 4.79 Å². The Hall–Kier alpha value is -0.700. The van der Waals surface area contributed by atoms with Crippen molar-refractivity contribution >= 4 is 11.8 Å². The zero-order valence-electron chi connectivity index (χ0n) is 9.96. The number of hydrogen-bond acceptors (Lipinski definition) is 2. The Kier molecular flexibility index (Phi) is 4.45. The molecule has 1 rings (SSSR count). The van der Waals surface area contributed by atoms with Crippen LogP contribution >= 0.6 is 11.8 Å². The molecule has 1 aromatic rings. The minimum atomic E-state index is 0.166. The van der Waals surface area contributed by atoms with Gasteiger partial charge in [-0.2, -0.15) is 0 Å². The van der Waals surface area contributed by atoms with Gasteiger partial charge >= 0.3 is 0 Å². The molecule has 0 aliphatic carbocycles. The zero-order chi connectivity index (χ0) is 11.4. The van der Waals surface area contributed by atoms with Gasteiger partial charge in [-0.15, -0.1) is 11.8 Å². The van der Waals surface area contributed by atoms with Crippen molar-refractivity contribution in [2.45, 2.75) is 45.1 Å². The minimum Gasteiger partial charge on any atom is -0.312 e. The van der Waals surface area contributed by atoms with E-state index in [1.165, 1.54) is 17.3 Å². The molecule has 1 aromatic heterocycles. The Morgan fingerprint density at radius 1 is 1.40 bits per heavy atom. The molecule has 3 heteroatoms. The number of nitrogens with zero attached hydrogens (tertiary/aromatic N) is 1. The summed E-state index contributed by atoms with van der Waals surface area (Å²) in [5.74, 6) is 0. The van der Waals surface area contributed by atoms with Crippen LogP contribution in [0.2, 0.25) is 0 Å².